The molecule has 0 fully saturated rings. The average molecular weight is 343 g/mol. The Morgan fingerprint density at radius 2 is 1.65 bits per heavy atom. The molecule has 1 aromatic carbocycles. The molecule has 1 rings (SSSR count). The molecule has 0 radical (unpaired) electrons. The maximum atomic E-state index is 10.6. The molecule has 0 saturated carbocycles. The van der Waals surface area contributed by atoms with Gasteiger partial charge in [0.2, 0.25) is 0 Å². The Hall–Kier alpha value is -2.88. The zero-order chi connectivity index (χ0) is 18.0. The van der Waals surface area contributed by atoms with Crippen molar-refractivity contribution in [2.45, 2.75) is 13.8 Å². The molecule has 6 N–H and O–H groups in total. The summed E-state index contributed by atoms with van der Waals surface area (Å²) in [7, 11) is 0. The zero-order valence-corrected chi connectivity index (χ0v) is 13.3. The van der Waals surface area contributed by atoms with Crippen LogP contribution in [0.25, 0.3) is 0 Å². The van der Waals surface area contributed by atoms with Crippen LogP contribution in [0.2, 0.25) is 0 Å². The van der Waals surface area contributed by atoms with Crippen LogP contribution in [0.4, 0.5) is 4.79 Å². The summed E-state index contributed by atoms with van der Waals surface area (Å²) in [6.07, 6.45) is -0.602. The fourth-order valence-electron chi connectivity index (χ4n) is 1.38. The lowest BCUT2D eigenvalue weighted by atomic mass is 10.0. The molecule has 9 nitrogen and oxygen atoms in total. The Morgan fingerprint density at radius 1 is 1.17 bits per heavy atom. The summed E-state index contributed by atoms with van der Waals surface area (Å²) >= 11 is 4.39. The van der Waals surface area contributed by atoms with E-state index in [4.69, 9.17) is 15.9 Å². The van der Waals surface area contributed by atoms with Gasteiger partial charge in [0.05, 0.1) is 17.7 Å². The van der Waals surface area contributed by atoms with Gasteiger partial charge in [-0.2, -0.15) is 0 Å². The Morgan fingerprint density at radius 3 is 2.00 bits per heavy atom. The number of hydrogen-bond acceptors (Lipinski definition) is 5. The van der Waals surface area contributed by atoms with Gasteiger partial charge in [0.15, 0.2) is 5.11 Å². The average Bonchev–Trinajstić information content (AvgIpc) is 2.45. The van der Waals surface area contributed by atoms with Crippen LogP contribution in [0, 0.1) is 6.92 Å². The van der Waals surface area contributed by atoms with Crippen molar-refractivity contribution in [3.63, 3.8) is 0 Å². The van der Waals surface area contributed by atoms with E-state index >= 15 is 0 Å². The van der Waals surface area contributed by atoms with E-state index in [-0.39, 0.29) is 21.8 Å². The number of nitrogens with one attached hydrogen (secondary N) is 2. The SMILES string of the molecule is CCOC(=O)NNC(N)=S.Cc1c(C(=O)O)cccc1C(=O)O. The molecule has 126 valence electrons. The summed E-state index contributed by atoms with van der Waals surface area (Å²) in [6, 6.07) is 4.17. The van der Waals surface area contributed by atoms with Crippen LogP contribution in [-0.4, -0.2) is 40.0 Å². The van der Waals surface area contributed by atoms with Gasteiger partial charge in [-0.3, -0.25) is 5.43 Å². The normalized spacial score (nSPS) is 8.96. The third kappa shape index (κ3) is 7.62. The maximum Gasteiger partial charge on any atom is 0.425 e. The fraction of sp³-hybridized carbons (Fsp3) is 0.231. The Balaban J connectivity index is 0.000000438. The molecule has 0 saturated heterocycles. The number of carbonyl (C=O) groups is 3. The fourth-order valence-corrected chi connectivity index (χ4v) is 1.43. The third-order valence-electron chi connectivity index (χ3n) is 2.36. The molecule has 0 bridgehead atoms. The monoisotopic (exact) mass is 343 g/mol. The van der Waals surface area contributed by atoms with Crippen molar-refractivity contribution in [3.8, 4) is 0 Å². The first-order valence-corrected chi connectivity index (χ1v) is 6.65. The molecule has 10 heteroatoms. The van der Waals surface area contributed by atoms with Gasteiger partial charge in [0, 0.05) is 0 Å². The minimum Gasteiger partial charge on any atom is -0.478 e. The van der Waals surface area contributed by atoms with E-state index in [1.54, 1.807) is 6.92 Å². The number of carbonyl (C=O) groups excluding carboxylic acids is 1. The van der Waals surface area contributed by atoms with Crippen LogP contribution in [-0.2, 0) is 4.74 Å². The van der Waals surface area contributed by atoms with E-state index in [9.17, 15) is 14.4 Å². The summed E-state index contributed by atoms with van der Waals surface area (Å²) in [4.78, 5) is 31.6. The van der Waals surface area contributed by atoms with Crippen LogP contribution in [0.3, 0.4) is 0 Å². The topological polar surface area (TPSA) is 151 Å². The lowest BCUT2D eigenvalue weighted by Crippen LogP contribution is -2.44. The number of amides is 1. The minimum absolute atomic E-state index is 0.00643. The zero-order valence-electron chi connectivity index (χ0n) is 12.5. The number of hydrazine groups is 1. The second-order valence-corrected chi connectivity index (χ2v) is 4.36. The van der Waals surface area contributed by atoms with E-state index in [2.05, 4.69) is 27.8 Å². The van der Waals surface area contributed by atoms with Crippen LogP contribution in [0.1, 0.15) is 33.2 Å². The Kier molecular flexibility index (Phi) is 8.70. The molecule has 0 unspecified atom stereocenters. The van der Waals surface area contributed by atoms with Gasteiger partial charge in [0.1, 0.15) is 0 Å². The van der Waals surface area contributed by atoms with Crippen LogP contribution in [0.15, 0.2) is 18.2 Å². The first-order valence-electron chi connectivity index (χ1n) is 6.25. The van der Waals surface area contributed by atoms with Gasteiger partial charge >= 0.3 is 18.0 Å². The Labute approximate surface area is 137 Å². The van der Waals surface area contributed by atoms with Crippen molar-refractivity contribution in [3.05, 3.63) is 34.9 Å². The molecular formula is C13H17N3O6S. The van der Waals surface area contributed by atoms with E-state index in [0.717, 1.165) is 0 Å². The van der Waals surface area contributed by atoms with E-state index in [0.29, 0.717) is 6.61 Å². The number of carboxylic acids is 2. The number of benzene rings is 1. The molecule has 0 spiro atoms. The predicted octanol–water partition coefficient (Wildman–Crippen LogP) is 0.872. The molecular weight excluding hydrogens is 326 g/mol. The van der Waals surface area contributed by atoms with Gasteiger partial charge in [-0.1, -0.05) is 6.07 Å². The standard InChI is InChI=1S/C9H8O4.C4H9N3O2S/c1-5-6(8(10)11)3-2-4-7(5)9(12)13;1-2-9-4(8)7-6-3(5)10/h2-4H,1H3,(H,10,11)(H,12,13);2H2,1H3,(H,7,8)(H3,5,6,10). The van der Waals surface area contributed by atoms with Crippen molar-refractivity contribution < 1.29 is 29.3 Å². The molecule has 0 aliphatic rings. The molecule has 0 atom stereocenters. The van der Waals surface area contributed by atoms with Gasteiger partial charge < -0.3 is 20.7 Å². The maximum absolute atomic E-state index is 10.6. The second-order valence-electron chi connectivity index (χ2n) is 3.92. The van der Waals surface area contributed by atoms with Crippen molar-refractivity contribution in [2.75, 3.05) is 6.61 Å². The lowest BCUT2D eigenvalue weighted by Gasteiger charge is -2.04. The largest absolute Gasteiger partial charge is 0.478 e. The third-order valence-corrected chi connectivity index (χ3v) is 2.46. The number of hydrogen-bond donors (Lipinski definition) is 5. The van der Waals surface area contributed by atoms with Crippen molar-refractivity contribution in [1.82, 2.24) is 10.9 Å². The lowest BCUT2D eigenvalue weighted by molar-refractivity contribution is 0.0696. The smallest absolute Gasteiger partial charge is 0.425 e. The van der Waals surface area contributed by atoms with Gasteiger partial charge in [-0.15, -0.1) is 0 Å². The van der Waals surface area contributed by atoms with Gasteiger partial charge in [0.25, 0.3) is 0 Å². The van der Waals surface area contributed by atoms with Crippen molar-refractivity contribution in [2.24, 2.45) is 5.73 Å². The van der Waals surface area contributed by atoms with Gasteiger partial charge in [-0.05, 0) is 43.8 Å². The van der Waals surface area contributed by atoms with E-state index in [1.807, 2.05) is 0 Å². The Bertz CT molecular complexity index is 573. The summed E-state index contributed by atoms with van der Waals surface area (Å²) in [5, 5.41) is 17.4. The first kappa shape index (κ1) is 20.1. The van der Waals surface area contributed by atoms with Crippen LogP contribution < -0.4 is 16.6 Å². The molecule has 0 aromatic heterocycles. The molecule has 1 aromatic rings. The van der Waals surface area contributed by atoms with Crippen molar-refractivity contribution in [1.29, 1.82) is 0 Å². The highest BCUT2D eigenvalue weighted by Crippen LogP contribution is 2.13. The molecule has 0 heterocycles. The van der Waals surface area contributed by atoms with Crippen LogP contribution >= 0.6 is 12.2 Å². The van der Waals surface area contributed by atoms with E-state index < -0.39 is 18.0 Å². The van der Waals surface area contributed by atoms with Crippen molar-refractivity contribution >= 4 is 35.4 Å². The van der Waals surface area contributed by atoms with E-state index in [1.165, 1.54) is 25.1 Å². The highest BCUT2D eigenvalue weighted by Gasteiger charge is 2.13. The number of aromatic carboxylic acids is 2. The first-order chi connectivity index (χ1) is 10.7. The molecule has 23 heavy (non-hydrogen) atoms. The quantitative estimate of drug-likeness (QED) is 0.397. The highest BCUT2D eigenvalue weighted by atomic mass is 32.1. The van der Waals surface area contributed by atoms with Crippen LogP contribution in [0.5, 0.6) is 0 Å². The number of carboxylic acid groups (broad SMARTS) is 2. The second kappa shape index (κ2) is 9.95. The predicted molar refractivity (Wildman–Crippen MR) is 85.2 cm³/mol. The van der Waals surface area contributed by atoms with Gasteiger partial charge in [-0.25, -0.2) is 19.8 Å². The summed E-state index contributed by atoms with van der Waals surface area (Å²) < 4.78 is 4.46. The molecule has 0 aliphatic heterocycles. The molecule has 0 aliphatic carbocycles. The number of thiocarbonyl (C=S) groups is 1. The minimum atomic E-state index is -1.11. The highest BCUT2D eigenvalue weighted by molar-refractivity contribution is 7.80. The number of nitrogens with two attached hydrogens (primary N) is 1. The number of rotatable bonds is 3. The summed E-state index contributed by atoms with van der Waals surface area (Å²) in [5.74, 6) is -2.22. The summed E-state index contributed by atoms with van der Waals surface area (Å²) in [5.41, 5.74) is 9.64. The molecule has 1 amide bonds. The number of ether oxygens (including phenoxy) is 1. The summed E-state index contributed by atoms with van der Waals surface area (Å²) in [6.45, 7) is 3.48.